The van der Waals surface area contributed by atoms with Crippen molar-refractivity contribution in [3.63, 3.8) is 0 Å². The molecule has 1 aliphatic rings. The standard InChI is InChI=1S/C5H10I2N2/c1-5-4-8(6)2-3-9(5)7/h5H,2-4H2,1H3. The minimum absolute atomic E-state index is 0.719. The van der Waals surface area contributed by atoms with Gasteiger partial charge >= 0.3 is 0 Å². The molecule has 2 nitrogen and oxygen atoms in total. The largest absolute Gasteiger partial charge is 0.245 e. The Bertz CT molecular complexity index is 99.0. The molecular weight excluding hydrogens is 342 g/mol. The number of rotatable bonds is 0. The highest BCUT2D eigenvalue weighted by Gasteiger charge is 2.19. The molecule has 0 spiro atoms. The van der Waals surface area contributed by atoms with Crippen LogP contribution >= 0.6 is 45.7 Å². The van der Waals surface area contributed by atoms with Gasteiger partial charge in [-0.3, -0.25) is 0 Å². The molecule has 0 radical (unpaired) electrons. The first kappa shape index (κ1) is 8.48. The first-order valence-corrected chi connectivity index (χ1v) is 4.96. The van der Waals surface area contributed by atoms with E-state index in [1.54, 1.807) is 0 Å². The zero-order chi connectivity index (χ0) is 6.85. The maximum Gasteiger partial charge on any atom is 0.0302 e. The zero-order valence-electron chi connectivity index (χ0n) is 5.35. The molecule has 0 aromatic heterocycles. The molecule has 4 heteroatoms. The number of nitrogens with zero attached hydrogens (tertiary/aromatic N) is 2. The van der Waals surface area contributed by atoms with E-state index in [2.05, 4.69) is 58.9 Å². The van der Waals surface area contributed by atoms with Gasteiger partial charge in [0.1, 0.15) is 0 Å². The summed E-state index contributed by atoms with van der Waals surface area (Å²) in [5.41, 5.74) is 0. The summed E-state index contributed by atoms with van der Waals surface area (Å²) in [6, 6.07) is 0.719. The van der Waals surface area contributed by atoms with E-state index in [1.807, 2.05) is 0 Å². The van der Waals surface area contributed by atoms with Gasteiger partial charge in [-0.1, -0.05) is 0 Å². The molecule has 9 heavy (non-hydrogen) atoms. The molecule has 54 valence electrons. The van der Waals surface area contributed by atoms with Gasteiger partial charge in [0.05, 0.1) is 0 Å². The molecule has 0 aromatic carbocycles. The molecule has 1 heterocycles. The number of piperazine rings is 1. The SMILES string of the molecule is CC1CN(I)CCN1I. The fraction of sp³-hybridized carbons (Fsp3) is 1.00. The topological polar surface area (TPSA) is 6.48 Å². The van der Waals surface area contributed by atoms with Crippen molar-refractivity contribution in [2.75, 3.05) is 19.6 Å². The molecule has 0 bridgehead atoms. The summed E-state index contributed by atoms with van der Waals surface area (Å²) in [6.07, 6.45) is 0. The Morgan fingerprint density at radius 1 is 1.33 bits per heavy atom. The smallest absolute Gasteiger partial charge is 0.0302 e. The Morgan fingerprint density at radius 3 is 2.44 bits per heavy atom. The quantitative estimate of drug-likeness (QED) is 0.484. The van der Waals surface area contributed by atoms with E-state index in [4.69, 9.17) is 0 Å². The highest BCUT2D eigenvalue weighted by Crippen LogP contribution is 2.15. The van der Waals surface area contributed by atoms with Crippen LogP contribution < -0.4 is 0 Å². The summed E-state index contributed by atoms with van der Waals surface area (Å²) in [5, 5.41) is 0. The fourth-order valence-corrected chi connectivity index (χ4v) is 2.07. The van der Waals surface area contributed by atoms with Gasteiger partial charge < -0.3 is 0 Å². The lowest BCUT2D eigenvalue weighted by molar-refractivity contribution is 0.274. The van der Waals surface area contributed by atoms with Gasteiger partial charge in [-0.25, -0.2) is 6.23 Å². The highest BCUT2D eigenvalue weighted by atomic mass is 127. The maximum absolute atomic E-state index is 2.40. The van der Waals surface area contributed by atoms with Gasteiger partial charge in [-0.15, -0.1) is 0 Å². The van der Waals surface area contributed by atoms with E-state index in [0.717, 1.165) is 6.04 Å². The molecular formula is C5H10I2N2. The fourth-order valence-electron chi connectivity index (χ4n) is 0.891. The van der Waals surface area contributed by atoms with Crippen molar-refractivity contribution in [2.45, 2.75) is 13.0 Å². The van der Waals surface area contributed by atoms with Gasteiger partial charge in [-0.05, 0) is 6.92 Å². The third kappa shape index (κ3) is 2.47. The summed E-state index contributed by atoms with van der Waals surface area (Å²) in [6.45, 7) is 5.86. The predicted octanol–water partition coefficient (Wildman–Crippen LogP) is 1.69. The normalized spacial score (nSPS) is 33.0. The van der Waals surface area contributed by atoms with Crippen molar-refractivity contribution >= 4 is 45.7 Å². The van der Waals surface area contributed by atoms with Gasteiger partial charge in [0, 0.05) is 71.4 Å². The first-order chi connectivity index (χ1) is 4.20. The van der Waals surface area contributed by atoms with Crippen LogP contribution in [-0.4, -0.2) is 31.9 Å². The molecule has 0 aromatic rings. The van der Waals surface area contributed by atoms with E-state index in [0.29, 0.717) is 0 Å². The predicted molar refractivity (Wildman–Crippen MR) is 55.8 cm³/mol. The number of halogens is 2. The third-order valence-corrected chi connectivity index (χ3v) is 3.81. The lowest BCUT2D eigenvalue weighted by Gasteiger charge is -2.32. The van der Waals surface area contributed by atoms with E-state index in [-0.39, 0.29) is 0 Å². The second-order valence-corrected chi connectivity index (χ2v) is 4.94. The molecule has 1 fully saturated rings. The monoisotopic (exact) mass is 352 g/mol. The first-order valence-electron chi connectivity index (χ1n) is 3.03. The van der Waals surface area contributed by atoms with Crippen LogP contribution in [0.5, 0.6) is 0 Å². The summed E-state index contributed by atoms with van der Waals surface area (Å²) >= 11 is 4.78. The molecule has 0 amide bonds. The van der Waals surface area contributed by atoms with Crippen LogP contribution in [0, 0.1) is 0 Å². The van der Waals surface area contributed by atoms with Crippen molar-refractivity contribution in [3.05, 3.63) is 0 Å². The van der Waals surface area contributed by atoms with E-state index < -0.39 is 0 Å². The van der Waals surface area contributed by atoms with Crippen LogP contribution in [0.4, 0.5) is 0 Å². The summed E-state index contributed by atoms with van der Waals surface area (Å²) in [5.74, 6) is 0. The average molecular weight is 352 g/mol. The van der Waals surface area contributed by atoms with Crippen molar-refractivity contribution in [1.82, 2.24) is 6.23 Å². The second kappa shape index (κ2) is 3.68. The van der Waals surface area contributed by atoms with E-state index >= 15 is 0 Å². The highest BCUT2D eigenvalue weighted by molar-refractivity contribution is 14.1. The van der Waals surface area contributed by atoms with Crippen LogP contribution in [0.3, 0.4) is 0 Å². The Hall–Kier alpha value is 1.38. The van der Waals surface area contributed by atoms with Crippen molar-refractivity contribution < 1.29 is 0 Å². The summed E-state index contributed by atoms with van der Waals surface area (Å²) in [4.78, 5) is 0. The summed E-state index contributed by atoms with van der Waals surface area (Å²) in [7, 11) is 0. The Kier molecular flexibility index (Phi) is 3.47. The van der Waals surface area contributed by atoms with E-state index in [1.165, 1.54) is 19.6 Å². The molecule has 0 saturated carbocycles. The van der Waals surface area contributed by atoms with E-state index in [9.17, 15) is 0 Å². The number of hydrogen-bond acceptors (Lipinski definition) is 2. The molecule has 1 aliphatic heterocycles. The van der Waals surface area contributed by atoms with Crippen molar-refractivity contribution in [3.8, 4) is 0 Å². The van der Waals surface area contributed by atoms with Crippen LogP contribution in [0.2, 0.25) is 0 Å². The average Bonchev–Trinajstić information content (AvgIpc) is 1.80. The van der Waals surface area contributed by atoms with Gasteiger partial charge in [0.2, 0.25) is 0 Å². The molecule has 0 aliphatic carbocycles. The van der Waals surface area contributed by atoms with Crippen LogP contribution in [0.1, 0.15) is 6.92 Å². The maximum atomic E-state index is 2.40. The number of hydrogen-bond donors (Lipinski definition) is 0. The zero-order valence-corrected chi connectivity index (χ0v) is 9.66. The van der Waals surface area contributed by atoms with Gasteiger partial charge in [-0.2, -0.15) is 0 Å². The minimum atomic E-state index is 0.719. The second-order valence-electron chi connectivity index (χ2n) is 2.34. The minimum Gasteiger partial charge on any atom is -0.245 e. The molecule has 1 unspecified atom stereocenters. The Balaban J connectivity index is 2.35. The molecule has 0 N–H and O–H groups in total. The van der Waals surface area contributed by atoms with Gasteiger partial charge in [0.15, 0.2) is 0 Å². The molecule has 1 atom stereocenters. The lowest BCUT2D eigenvalue weighted by Crippen LogP contribution is -2.43. The van der Waals surface area contributed by atoms with Crippen LogP contribution in [-0.2, 0) is 0 Å². The van der Waals surface area contributed by atoms with Crippen LogP contribution in [0.15, 0.2) is 0 Å². The molecule has 1 saturated heterocycles. The summed E-state index contributed by atoms with van der Waals surface area (Å²) < 4.78 is 4.71. The van der Waals surface area contributed by atoms with Crippen molar-refractivity contribution in [1.29, 1.82) is 0 Å². The molecule has 1 rings (SSSR count). The van der Waals surface area contributed by atoms with Crippen LogP contribution in [0.25, 0.3) is 0 Å². The van der Waals surface area contributed by atoms with Crippen molar-refractivity contribution in [2.24, 2.45) is 0 Å². The Morgan fingerprint density at radius 2 is 2.00 bits per heavy atom. The van der Waals surface area contributed by atoms with Gasteiger partial charge in [0.25, 0.3) is 0 Å². The Labute approximate surface area is 83.9 Å². The third-order valence-electron chi connectivity index (χ3n) is 1.50. The lowest BCUT2D eigenvalue weighted by atomic mass is 10.3.